The fourth-order valence-corrected chi connectivity index (χ4v) is 3.47. The van der Waals surface area contributed by atoms with Gasteiger partial charge in [-0.2, -0.15) is 0 Å². The smallest absolute Gasteiger partial charge is 0.163 e. The molecule has 2 aliphatic carbocycles. The second kappa shape index (κ2) is 5.36. The molecule has 2 aliphatic rings. The third-order valence-corrected chi connectivity index (χ3v) is 4.64. The summed E-state index contributed by atoms with van der Waals surface area (Å²) in [4.78, 5) is 11.8. The number of Topliss-reactive ketones (excluding diaryl/α,β-unsaturated/α-hetero) is 1. The fraction of sp³-hybridized carbons (Fsp3) is 0.588. The summed E-state index contributed by atoms with van der Waals surface area (Å²) in [5.74, 6) is 2.05. The monoisotopic (exact) mass is 258 g/mol. The number of hydrogen-bond donors (Lipinski definition) is 0. The van der Waals surface area contributed by atoms with E-state index in [-0.39, 0.29) is 5.78 Å². The molecule has 2 heteroatoms. The van der Waals surface area contributed by atoms with Gasteiger partial charge >= 0.3 is 0 Å². The minimum Gasteiger partial charge on any atom is -0.490 e. The van der Waals surface area contributed by atoms with Crippen LogP contribution >= 0.6 is 0 Å². The Morgan fingerprint density at radius 1 is 1.26 bits per heavy atom. The summed E-state index contributed by atoms with van der Waals surface area (Å²) in [6.07, 6.45) is 8.07. The van der Waals surface area contributed by atoms with Gasteiger partial charge in [-0.05, 0) is 37.7 Å². The van der Waals surface area contributed by atoms with Crippen molar-refractivity contribution in [3.05, 3.63) is 29.3 Å². The van der Waals surface area contributed by atoms with Gasteiger partial charge < -0.3 is 4.74 Å². The minimum atomic E-state index is 0.274. The molecule has 0 aromatic heterocycles. The Labute approximate surface area is 115 Å². The van der Waals surface area contributed by atoms with Gasteiger partial charge in [0.1, 0.15) is 5.75 Å². The van der Waals surface area contributed by atoms with E-state index in [9.17, 15) is 4.79 Å². The summed E-state index contributed by atoms with van der Waals surface area (Å²) in [7, 11) is 0. The molecule has 1 fully saturated rings. The van der Waals surface area contributed by atoms with E-state index in [0.29, 0.717) is 12.5 Å². The SMILES string of the molecule is CCC1CCCC(Oc2cccc3c2CCC3=O)C1. The molecule has 0 aliphatic heterocycles. The van der Waals surface area contributed by atoms with Crippen LogP contribution in [0.2, 0.25) is 0 Å². The van der Waals surface area contributed by atoms with Gasteiger partial charge in [0.2, 0.25) is 0 Å². The van der Waals surface area contributed by atoms with E-state index in [1.807, 2.05) is 18.2 Å². The summed E-state index contributed by atoms with van der Waals surface area (Å²) in [6.45, 7) is 2.27. The first kappa shape index (κ1) is 12.7. The molecule has 1 aromatic rings. The van der Waals surface area contributed by atoms with Crippen molar-refractivity contribution >= 4 is 5.78 Å². The molecule has 19 heavy (non-hydrogen) atoms. The Balaban J connectivity index is 1.75. The van der Waals surface area contributed by atoms with Crippen LogP contribution in [0.4, 0.5) is 0 Å². The zero-order valence-electron chi connectivity index (χ0n) is 11.7. The number of benzene rings is 1. The molecule has 3 rings (SSSR count). The van der Waals surface area contributed by atoms with Crippen LogP contribution < -0.4 is 4.74 Å². The lowest BCUT2D eigenvalue weighted by atomic mass is 9.85. The third kappa shape index (κ3) is 2.54. The number of ether oxygens (including phenoxy) is 1. The van der Waals surface area contributed by atoms with Crippen LogP contribution in [-0.2, 0) is 6.42 Å². The lowest BCUT2D eigenvalue weighted by Gasteiger charge is -2.29. The molecule has 0 radical (unpaired) electrons. The van der Waals surface area contributed by atoms with Crippen molar-refractivity contribution in [2.75, 3.05) is 0 Å². The van der Waals surface area contributed by atoms with Crippen molar-refractivity contribution in [1.82, 2.24) is 0 Å². The summed E-state index contributed by atoms with van der Waals surface area (Å²) in [6, 6.07) is 5.93. The van der Waals surface area contributed by atoms with E-state index in [0.717, 1.165) is 35.6 Å². The first-order chi connectivity index (χ1) is 9.28. The Morgan fingerprint density at radius 2 is 2.16 bits per heavy atom. The van der Waals surface area contributed by atoms with E-state index >= 15 is 0 Å². The summed E-state index contributed by atoms with van der Waals surface area (Å²) < 4.78 is 6.23. The van der Waals surface area contributed by atoms with Gasteiger partial charge in [0, 0.05) is 17.5 Å². The van der Waals surface area contributed by atoms with Gasteiger partial charge in [0.05, 0.1) is 6.10 Å². The van der Waals surface area contributed by atoms with Crippen molar-refractivity contribution < 1.29 is 9.53 Å². The Hall–Kier alpha value is -1.31. The molecular formula is C17H22O2. The van der Waals surface area contributed by atoms with Crippen molar-refractivity contribution in [2.45, 2.75) is 58.0 Å². The van der Waals surface area contributed by atoms with E-state index < -0.39 is 0 Å². The maximum Gasteiger partial charge on any atom is 0.163 e. The predicted molar refractivity (Wildman–Crippen MR) is 75.8 cm³/mol. The van der Waals surface area contributed by atoms with Gasteiger partial charge in [-0.15, -0.1) is 0 Å². The molecule has 2 unspecified atom stereocenters. The number of fused-ring (bicyclic) bond motifs is 1. The number of carbonyl (C=O) groups excluding carboxylic acids is 1. The van der Waals surface area contributed by atoms with Crippen molar-refractivity contribution in [2.24, 2.45) is 5.92 Å². The van der Waals surface area contributed by atoms with Crippen molar-refractivity contribution in [1.29, 1.82) is 0 Å². The molecule has 0 amide bonds. The largest absolute Gasteiger partial charge is 0.490 e. The van der Waals surface area contributed by atoms with Gasteiger partial charge in [-0.3, -0.25) is 4.79 Å². The number of carbonyl (C=O) groups is 1. The minimum absolute atomic E-state index is 0.274. The predicted octanol–water partition coefficient (Wildman–Crippen LogP) is 4.16. The first-order valence-electron chi connectivity index (χ1n) is 7.59. The first-order valence-corrected chi connectivity index (χ1v) is 7.59. The quantitative estimate of drug-likeness (QED) is 0.813. The maximum absolute atomic E-state index is 11.8. The van der Waals surface area contributed by atoms with Gasteiger partial charge in [-0.1, -0.05) is 31.9 Å². The highest BCUT2D eigenvalue weighted by Gasteiger charge is 2.26. The van der Waals surface area contributed by atoms with E-state index in [4.69, 9.17) is 4.74 Å². The highest BCUT2D eigenvalue weighted by molar-refractivity contribution is 6.01. The lowest BCUT2D eigenvalue weighted by Crippen LogP contribution is -2.25. The standard InChI is InChI=1S/C17H22O2/c1-2-12-5-3-6-13(11-12)19-17-8-4-7-14-15(17)9-10-16(14)18/h4,7-8,12-13H,2-3,5-6,9-11H2,1H3. The highest BCUT2D eigenvalue weighted by atomic mass is 16.5. The molecule has 0 bridgehead atoms. The molecule has 2 atom stereocenters. The average Bonchev–Trinajstić information content (AvgIpc) is 2.82. The van der Waals surface area contributed by atoms with Crippen LogP contribution in [0.1, 0.15) is 61.4 Å². The van der Waals surface area contributed by atoms with Crippen molar-refractivity contribution in [3.8, 4) is 5.75 Å². The maximum atomic E-state index is 11.8. The van der Waals surface area contributed by atoms with Gasteiger partial charge in [-0.25, -0.2) is 0 Å². The van der Waals surface area contributed by atoms with E-state index in [1.54, 1.807) is 0 Å². The Morgan fingerprint density at radius 3 is 3.00 bits per heavy atom. The van der Waals surface area contributed by atoms with Gasteiger partial charge in [0.25, 0.3) is 0 Å². The molecule has 0 heterocycles. The zero-order chi connectivity index (χ0) is 13.2. The molecule has 0 saturated heterocycles. The molecule has 1 saturated carbocycles. The normalized spacial score (nSPS) is 26.3. The van der Waals surface area contributed by atoms with Crippen molar-refractivity contribution in [3.63, 3.8) is 0 Å². The highest BCUT2D eigenvalue weighted by Crippen LogP contribution is 2.34. The molecule has 0 N–H and O–H groups in total. The molecule has 102 valence electrons. The second-order valence-corrected chi connectivity index (χ2v) is 5.89. The third-order valence-electron chi connectivity index (χ3n) is 4.64. The van der Waals surface area contributed by atoms with E-state index in [2.05, 4.69) is 6.92 Å². The topological polar surface area (TPSA) is 26.3 Å². The lowest BCUT2D eigenvalue weighted by molar-refractivity contribution is 0.0994. The van der Waals surface area contributed by atoms with Crippen LogP contribution in [0.15, 0.2) is 18.2 Å². The zero-order valence-corrected chi connectivity index (χ0v) is 11.7. The van der Waals surface area contributed by atoms with Crippen LogP contribution in [0, 0.1) is 5.92 Å². The fourth-order valence-electron chi connectivity index (χ4n) is 3.47. The van der Waals surface area contributed by atoms with Crippen LogP contribution in [0.5, 0.6) is 5.75 Å². The van der Waals surface area contributed by atoms with Crippen LogP contribution in [-0.4, -0.2) is 11.9 Å². The molecule has 1 aromatic carbocycles. The number of hydrogen-bond acceptors (Lipinski definition) is 2. The summed E-state index contributed by atoms with van der Waals surface area (Å²) in [5, 5.41) is 0. The number of rotatable bonds is 3. The van der Waals surface area contributed by atoms with Crippen LogP contribution in [0.25, 0.3) is 0 Å². The Bertz CT molecular complexity index is 478. The summed E-state index contributed by atoms with van der Waals surface area (Å²) >= 11 is 0. The average molecular weight is 258 g/mol. The second-order valence-electron chi connectivity index (χ2n) is 5.89. The van der Waals surface area contributed by atoms with Crippen LogP contribution in [0.3, 0.4) is 0 Å². The molecule has 0 spiro atoms. The number of ketones is 1. The Kier molecular flexibility index (Phi) is 3.58. The molecule has 2 nitrogen and oxygen atoms in total. The summed E-state index contributed by atoms with van der Waals surface area (Å²) in [5.41, 5.74) is 2.03. The van der Waals surface area contributed by atoms with Gasteiger partial charge in [0.15, 0.2) is 5.78 Å². The van der Waals surface area contributed by atoms with E-state index in [1.165, 1.54) is 25.7 Å². The molecular weight excluding hydrogens is 236 g/mol.